The molecular weight excluding hydrogens is 267 g/mol. The van der Waals surface area contributed by atoms with Crippen LogP contribution >= 0.6 is 0 Å². The Morgan fingerprint density at radius 2 is 1.86 bits per heavy atom. The fourth-order valence-corrected chi connectivity index (χ4v) is 2.66. The van der Waals surface area contributed by atoms with Crippen molar-refractivity contribution in [1.82, 2.24) is 14.9 Å². The number of rotatable bonds is 3. The second-order valence-corrected chi connectivity index (χ2v) is 5.55. The molecule has 1 N–H and O–H groups in total. The first-order valence-corrected chi connectivity index (χ1v) is 7.24. The minimum Gasteiger partial charge on any atom is -0.350 e. The summed E-state index contributed by atoms with van der Waals surface area (Å²) >= 11 is 0. The molecule has 1 aliphatic rings. The Morgan fingerprint density at radius 1 is 1.14 bits per heavy atom. The molecule has 1 aromatic heterocycles. The number of halogens is 1. The molecule has 21 heavy (non-hydrogen) atoms. The van der Waals surface area contributed by atoms with Gasteiger partial charge in [0.25, 0.3) is 0 Å². The van der Waals surface area contributed by atoms with E-state index in [0.717, 1.165) is 30.6 Å². The number of hydrogen-bond donors (Lipinski definition) is 1. The molecule has 0 spiro atoms. The average Bonchev–Trinajstić information content (AvgIpc) is 2.49. The average molecular weight is 286 g/mol. The zero-order valence-electron chi connectivity index (χ0n) is 12.1. The van der Waals surface area contributed by atoms with Crippen molar-refractivity contribution in [2.75, 3.05) is 25.5 Å². The van der Waals surface area contributed by atoms with Gasteiger partial charge < -0.3 is 10.2 Å². The van der Waals surface area contributed by atoms with Crippen LogP contribution in [0.25, 0.3) is 11.1 Å². The molecule has 1 fully saturated rings. The first-order chi connectivity index (χ1) is 10.2. The lowest BCUT2D eigenvalue weighted by atomic mass is 10.1. The molecule has 4 nitrogen and oxygen atoms in total. The molecule has 110 valence electrons. The molecule has 1 saturated heterocycles. The van der Waals surface area contributed by atoms with Crippen molar-refractivity contribution >= 4 is 5.95 Å². The summed E-state index contributed by atoms with van der Waals surface area (Å²) in [7, 11) is 2.13. The van der Waals surface area contributed by atoms with Gasteiger partial charge in [-0.25, -0.2) is 14.4 Å². The predicted octanol–water partition coefficient (Wildman–Crippen LogP) is 2.79. The normalized spacial score (nSPS) is 19.4. The molecule has 5 heteroatoms. The number of piperidine rings is 1. The van der Waals surface area contributed by atoms with Gasteiger partial charge in [-0.15, -0.1) is 0 Å². The highest BCUT2D eigenvalue weighted by Crippen LogP contribution is 2.19. The van der Waals surface area contributed by atoms with Gasteiger partial charge in [-0.05, 0) is 44.1 Å². The van der Waals surface area contributed by atoms with Crippen LogP contribution in [0.2, 0.25) is 0 Å². The van der Waals surface area contributed by atoms with E-state index in [1.807, 2.05) is 0 Å². The molecule has 0 bridgehead atoms. The van der Waals surface area contributed by atoms with Crippen molar-refractivity contribution in [3.8, 4) is 11.1 Å². The fraction of sp³-hybridized carbons (Fsp3) is 0.375. The second-order valence-electron chi connectivity index (χ2n) is 5.55. The maximum Gasteiger partial charge on any atom is 0.222 e. The number of likely N-dealkylation sites (tertiary alicyclic amines) is 1. The summed E-state index contributed by atoms with van der Waals surface area (Å²) in [5.74, 6) is 0.417. The van der Waals surface area contributed by atoms with E-state index in [9.17, 15) is 4.39 Å². The molecule has 1 atom stereocenters. The molecular formula is C16H19FN4. The minimum absolute atomic E-state index is 0.237. The Hall–Kier alpha value is -2.01. The van der Waals surface area contributed by atoms with E-state index in [1.165, 1.54) is 18.6 Å². The second kappa shape index (κ2) is 6.18. The summed E-state index contributed by atoms with van der Waals surface area (Å²) in [6, 6.07) is 6.76. The molecule has 1 unspecified atom stereocenters. The number of aromatic nitrogens is 2. The Labute approximate surface area is 124 Å². The molecule has 0 aliphatic carbocycles. The molecule has 1 aromatic carbocycles. The highest BCUT2D eigenvalue weighted by atomic mass is 19.1. The molecule has 1 aliphatic heterocycles. The van der Waals surface area contributed by atoms with E-state index < -0.39 is 0 Å². The van der Waals surface area contributed by atoms with Crippen molar-refractivity contribution in [3.63, 3.8) is 0 Å². The Balaban J connectivity index is 1.67. The Kier molecular flexibility index (Phi) is 4.10. The molecule has 2 aromatic rings. The maximum atomic E-state index is 12.9. The standard InChI is InChI=1S/C16H19FN4/c1-21-8-2-3-15(11-21)20-16-18-9-13(10-19-16)12-4-6-14(17)7-5-12/h4-7,9-10,15H,2-3,8,11H2,1H3,(H,18,19,20). The highest BCUT2D eigenvalue weighted by molar-refractivity contribution is 5.61. The Morgan fingerprint density at radius 3 is 2.52 bits per heavy atom. The van der Waals surface area contributed by atoms with Crippen LogP contribution in [0.4, 0.5) is 10.3 Å². The highest BCUT2D eigenvalue weighted by Gasteiger charge is 2.17. The number of nitrogens with one attached hydrogen (secondary N) is 1. The van der Waals surface area contributed by atoms with Gasteiger partial charge in [0.2, 0.25) is 5.95 Å². The van der Waals surface area contributed by atoms with Crippen molar-refractivity contribution in [1.29, 1.82) is 0 Å². The lowest BCUT2D eigenvalue weighted by Gasteiger charge is -2.30. The lowest BCUT2D eigenvalue weighted by molar-refractivity contribution is 0.260. The van der Waals surface area contributed by atoms with Gasteiger partial charge in [0, 0.05) is 30.5 Å². The zero-order chi connectivity index (χ0) is 14.7. The monoisotopic (exact) mass is 286 g/mol. The van der Waals surface area contributed by atoms with Crippen LogP contribution in [0.1, 0.15) is 12.8 Å². The summed E-state index contributed by atoms with van der Waals surface area (Å²) in [6.45, 7) is 2.17. The Bertz CT molecular complexity index is 582. The van der Waals surface area contributed by atoms with E-state index in [0.29, 0.717) is 12.0 Å². The van der Waals surface area contributed by atoms with Crippen molar-refractivity contribution in [2.45, 2.75) is 18.9 Å². The van der Waals surface area contributed by atoms with Crippen LogP contribution in [0.3, 0.4) is 0 Å². The SMILES string of the molecule is CN1CCCC(Nc2ncc(-c3ccc(F)cc3)cn2)C1. The third kappa shape index (κ3) is 3.55. The number of hydrogen-bond acceptors (Lipinski definition) is 4. The fourth-order valence-electron chi connectivity index (χ4n) is 2.66. The number of anilines is 1. The smallest absolute Gasteiger partial charge is 0.222 e. The molecule has 0 saturated carbocycles. The van der Waals surface area contributed by atoms with Crippen molar-refractivity contribution < 1.29 is 4.39 Å². The molecule has 2 heterocycles. The number of nitrogens with zero attached hydrogens (tertiary/aromatic N) is 3. The van der Waals surface area contributed by atoms with Crippen molar-refractivity contribution in [2.24, 2.45) is 0 Å². The van der Waals surface area contributed by atoms with Gasteiger partial charge in [0.15, 0.2) is 0 Å². The summed E-state index contributed by atoms with van der Waals surface area (Å²) in [4.78, 5) is 11.0. The predicted molar refractivity (Wildman–Crippen MR) is 81.6 cm³/mol. The van der Waals surface area contributed by atoms with E-state index in [4.69, 9.17) is 0 Å². The quantitative estimate of drug-likeness (QED) is 0.942. The largest absolute Gasteiger partial charge is 0.350 e. The van der Waals surface area contributed by atoms with Crippen LogP contribution in [0.15, 0.2) is 36.7 Å². The lowest BCUT2D eigenvalue weighted by Crippen LogP contribution is -2.40. The third-order valence-electron chi connectivity index (χ3n) is 3.79. The van der Waals surface area contributed by atoms with Gasteiger partial charge in [-0.2, -0.15) is 0 Å². The molecule has 3 rings (SSSR count). The first-order valence-electron chi connectivity index (χ1n) is 7.24. The summed E-state index contributed by atoms with van der Waals surface area (Å²) in [5.41, 5.74) is 1.81. The van der Waals surface area contributed by atoms with E-state index in [1.54, 1.807) is 24.5 Å². The van der Waals surface area contributed by atoms with E-state index >= 15 is 0 Å². The van der Waals surface area contributed by atoms with E-state index in [-0.39, 0.29) is 5.82 Å². The topological polar surface area (TPSA) is 41.0 Å². The molecule has 0 amide bonds. The van der Waals surface area contributed by atoms with Gasteiger partial charge in [-0.1, -0.05) is 12.1 Å². The van der Waals surface area contributed by atoms with Crippen LogP contribution < -0.4 is 5.32 Å². The minimum atomic E-state index is -0.237. The van der Waals surface area contributed by atoms with Crippen LogP contribution in [-0.4, -0.2) is 41.0 Å². The van der Waals surface area contributed by atoms with Gasteiger partial charge in [0.1, 0.15) is 5.82 Å². The zero-order valence-corrected chi connectivity index (χ0v) is 12.1. The first kappa shape index (κ1) is 13.9. The van der Waals surface area contributed by atoms with Gasteiger partial charge in [0.05, 0.1) is 0 Å². The van der Waals surface area contributed by atoms with Gasteiger partial charge in [-0.3, -0.25) is 0 Å². The van der Waals surface area contributed by atoms with Crippen LogP contribution in [-0.2, 0) is 0 Å². The van der Waals surface area contributed by atoms with Crippen LogP contribution in [0.5, 0.6) is 0 Å². The maximum absolute atomic E-state index is 12.9. The van der Waals surface area contributed by atoms with Gasteiger partial charge >= 0.3 is 0 Å². The molecule has 0 radical (unpaired) electrons. The third-order valence-corrected chi connectivity index (χ3v) is 3.79. The van der Waals surface area contributed by atoms with Crippen molar-refractivity contribution in [3.05, 3.63) is 42.5 Å². The summed E-state index contributed by atoms with van der Waals surface area (Å²) in [5, 5.41) is 3.38. The van der Waals surface area contributed by atoms with Crippen LogP contribution in [0, 0.1) is 5.82 Å². The number of benzene rings is 1. The summed E-state index contributed by atoms with van der Waals surface area (Å²) in [6.07, 6.45) is 5.89. The number of likely N-dealkylation sites (N-methyl/N-ethyl adjacent to an activating group) is 1. The van der Waals surface area contributed by atoms with E-state index in [2.05, 4.69) is 27.2 Å². The summed E-state index contributed by atoms with van der Waals surface area (Å²) < 4.78 is 12.9.